The lowest BCUT2D eigenvalue weighted by atomic mass is 9.91. The van der Waals surface area contributed by atoms with Crippen molar-refractivity contribution in [2.45, 2.75) is 39.7 Å². The molecule has 21 heavy (non-hydrogen) atoms. The van der Waals surface area contributed by atoms with Gasteiger partial charge in [-0.15, -0.1) is 0 Å². The second-order valence-electron chi connectivity index (χ2n) is 5.45. The molecule has 0 radical (unpaired) electrons. The van der Waals surface area contributed by atoms with E-state index in [9.17, 15) is 0 Å². The maximum absolute atomic E-state index is 6.53. The van der Waals surface area contributed by atoms with E-state index in [0.717, 1.165) is 29.7 Å². The van der Waals surface area contributed by atoms with Gasteiger partial charge in [0.05, 0.1) is 13.2 Å². The van der Waals surface area contributed by atoms with E-state index < -0.39 is 0 Å². The van der Waals surface area contributed by atoms with Gasteiger partial charge in [0.1, 0.15) is 5.75 Å². The predicted molar refractivity (Wildman–Crippen MR) is 89.0 cm³/mol. The summed E-state index contributed by atoms with van der Waals surface area (Å²) in [5.74, 6) is 0.896. The molecular formula is C19H25NO. The minimum Gasteiger partial charge on any atom is -0.496 e. The number of aryl methyl sites for hydroxylation is 3. The summed E-state index contributed by atoms with van der Waals surface area (Å²) in [6.07, 6.45) is 2.02. The number of nitrogens with two attached hydrogens (primary N) is 1. The van der Waals surface area contributed by atoms with Gasteiger partial charge < -0.3 is 10.5 Å². The molecule has 0 heterocycles. The summed E-state index contributed by atoms with van der Waals surface area (Å²) in [6, 6.07) is 12.8. The summed E-state index contributed by atoms with van der Waals surface area (Å²) in [4.78, 5) is 0. The molecule has 0 aromatic heterocycles. The van der Waals surface area contributed by atoms with E-state index in [1.54, 1.807) is 7.11 Å². The molecular weight excluding hydrogens is 258 g/mol. The molecule has 0 aliphatic rings. The molecule has 2 N–H and O–H groups in total. The maximum Gasteiger partial charge on any atom is 0.122 e. The highest BCUT2D eigenvalue weighted by Crippen LogP contribution is 2.28. The van der Waals surface area contributed by atoms with Gasteiger partial charge in [-0.3, -0.25) is 0 Å². The molecule has 2 aromatic carbocycles. The lowest BCUT2D eigenvalue weighted by Gasteiger charge is -2.19. The molecule has 1 atom stereocenters. The first-order chi connectivity index (χ1) is 10.1. The monoisotopic (exact) mass is 283 g/mol. The highest BCUT2D eigenvalue weighted by molar-refractivity contribution is 5.44. The third kappa shape index (κ3) is 3.27. The van der Waals surface area contributed by atoms with Crippen LogP contribution in [0.4, 0.5) is 0 Å². The molecule has 0 amide bonds. The first-order valence-electron chi connectivity index (χ1n) is 7.62. The Bertz CT molecular complexity index is 619. The van der Waals surface area contributed by atoms with Gasteiger partial charge in [-0.2, -0.15) is 0 Å². The lowest BCUT2D eigenvalue weighted by Crippen LogP contribution is -2.14. The Morgan fingerprint density at radius 3 is 2.43 bits per heavy atom. The molecule has 0 bridgehead atoms. The SMILES string of the molecule is CCc1ccc(CC)c(C(N)c2ccc(C)c(OC)c2)c1. The highest BCUT2D eigenvalue weighted by Gasteiger charge is 2.14. The van der Waals surface area contributed by atoms with Crippen LogP contribution in [0.25, 0.3) is 0 Å². The van der Waals surface area contributed by atoms with E-state index in [2.05, 4.69) is 50.2 Å². The van der Waals surface area contributed by atoms with E-state index in [-0.39, 0.29) is 6.04 Å². The molecule has 0 aliphatic heterocycles. The fourth-order valence-corrected chi connectivity index (χ4v) is 2.69. The number of methoxy groups -OCH3 is 1. The second kappa shape index (κ2) is 6.77. The fraction of sp³-hybridized carbons (Fsp3) is 0.368. The van der Waals surface area contributed by atoms with Crippen LogP contribution in [0.1, 0.15) is 47.7 Å². The summed E-state index contributed by atoms with van der Waals surface area (Å²) in [5, 5.41) is 0. The Morgan fingerprint density at radius 2 is 1.81 bits per heavy atom. The number of rotatable bonds is 5. The number of hydrogen-bond acceptors (Lipinski definition) is 2. The molecule has 2 heteroatoms. The summed E-state index contributed by atoms with van der Waals surface area (Å²) in [6.45, 7) is 6.39. The van der Waals surface area contributed by atoms with E-state index in [1.807, 2.05) is 6.92 Å². The fourth-order valence-electron chi connectivity index (χ4n) is 2.69. The zero-order valence-corrected chi connectivity index (χ0v) is 13.4. The van der Waals surface area contributed by atoms with Crippen LogP contribution < -0.4 is 10.5 Å². The van der Waals surface area contributed by atoms with Crippen molar-refractivity contribution in [2.75, 3.05) is 7.11 Å². The third-order valence-corrected chi connectivity index (χ3v) is 4.13. The van der Waals surface area contributed by atoms with E-state index in [0.29, 0.717) is 0 Å². The van der Waals surface area contributed by atoms with Crippen LogP contribution in [0.5, 0.6) is 5.75 Å². The summed E-state index contributed by atoms with van der Waals surface area (Å²) in [7, 11) is 1.70. The molecule has 2 nitrogen and oxygen atoms in total. The summed E-state index contributed by atoms with van der Waals surface area (Å²) < 4.78 is 5.42. The predicted octanol–water partition coefficient (Wildman–Crippen LogP) is 4.18. The van der Waals surface area contributed by atoms with Gasteiger partial charge in [-0.1, -0.05) is 44.2 Å². The number of ether oxygens (including phenoxy) is 1. The van der Waals surface area contributed by atoms with Crippen molar-refractivity contribution in [3.63, 3.8) is 0 Å². The smallest absolute Gasteiger partial charge is 0.122 e. The number of hydrogen-bond donors (Lipinski definition) is 1. The zero-order valence-electron chi connectivity index (χ0n) is 13.4. The largest absolute Gasteiger partial charge is 0.496 e. The minimum absolute atomic E-state index is 0.110. The van der Waals surface area contributed by atoms with Gasteiger partial charge in [0.2, 0.25) is 0 Å². The van der Waals surface area contributed by atoms with Gasteiger partial charge in [0.15, 0.2) is 0 Å². The molecule has 0 aliphatic carbocycles. The van der Waals surface area contributed by atoms with Gasteiger partial charge in [-0.25, -0.2) is 0 Å². The molecule has 0 saturated carbocycles. The second-order valence-corrected chi connectivity index (χ2v) is 5.45. The zero-order chi connectivity index (χ0) is 15.4. The Balaban J connectivity index is 2.45. The van der Waals surface area contributed by atoms with Gasteiger partial charge >= 0.3 is 0 Å². The molecule has 0 spiro atoms. The van der Waals surface area contributed by atoms with Crippen molar-refractivity contribution >= 4 is 0 Å². The third-order valence-electron chi connectivity index (χ3n) is 4.13. The van der Waals surface area contributed by atoms with Crippen LogP contribution in [-0.2, 0) is 12.8 Å². The Labute approximate surface area is 127 Å². The van der Waals surface area contributed by atoms with E-state index >= 15 is 0 Å². The van der Waals surface area contributed by atoms with Crippen LogP contribution in [0.2, 0.25) is 0 Å². The molecule has 2 aromatic rings. The van der Waals surface area contributed by atoms with Crippen molar-refractivity contribution in [1.82, 2.24) is 0 Å². The quantitative estimate of drug-likeness (QED) is 0.893. The maximum atomic E-state index is 6.53. The van der Waals surface area contributed by atoms with E-state index in [4.69, 9.17) is 10.5 Å². The van der Waals surface area contributed by atoms with Crippen LogP contribution in [0, 0.1) is 6.92 Å². The Kier molecular flexibility index (Phi) is 5.03. The van der Waals surface area contributed by atoms with Crippen molar-refractivity contribution in [3.05, 3.63) is 64.2 Å². The van der Waals surface area contributed by atoms with Crippen LogP contribution in [0.3, 0.4) is 0 Å². The Morgan fingerprint density at radius 1 is 1.05 bits per heavy atom. The van der Waals surface area contributed by atoms with Crippen LogP contribution in [0.15, 0.2) is 36.4 Å². The van der Waals surface area contributed by atoms with Gasteiger partial charge in [-0.05, 0) is 53.6 Å². The molecule has 112 valence electrons. The Hall–Kier alpha value is -1.80. The first-order valence-corrected chi connectivity index (χ1v) is 7.62. The normalized spacial score (nSPS) is 12.2. The highest BCUT2D eigenvalue weighted by atomic mass is 16.5. The van der Waals surface area contributed by atoms with E-state index in [1.165, 1.54) is 16.7 Å². The van der Waals surface area contributed by atoms with Crippen molar-refractivity contribution < 1.29 is 4.74 Å². The van der Waals surface area contributed by atoms with Crippen molar-refractivity contribution in [2.24, 2.45) is 5.73 Å². The average Bonchev–Trinajstić information content (AvgIpc) is 2.54. The van der Waals surface area contributed by atoms with Crippen molar-refractivity contribution in [3.8, 4) is 5.75 Å². The molecule has 0 fully saturated rings. The molecule has 0 saturated heterocycles. The van der Waals surface area contributed by atoms with Crippen molar-refractivity contribution in [1.29, 1.82) is 0 Å². The van der Waals surface area contributed by atoms with Gasteiger partial charge in [0.25, 0.3) is 0 Å². The summed E-state index contributed by atoms with van der Waals surface area (Å²) >= 11 is 0. The first kappa shape index (κ1) is 15.6. The lowest BCUT2D eigenvalue weighted by molar-refractivity contribution is 0.411. The van der Waals surface area contributed by atoms with Crippen LogP contribution >= 0.6 is 0 Å². The van der Waals surface area contributed by atoms with Gasteiger partial charge in [0, 0.05) is 0 Å². The minimum atomic E-state index is -0.110. The number of benzene rings is 2. The standard InChI is InChI=1S/C19H25NO/c1-5-14-8-10-15(6-2)17(11-14)19(20)16-9-7-13(3)18(12-16)21-4/h7-12,19H,5-6,20H2,1-4H3. The topological polar surface area (TPSA) is 35.2 Å². The molecule has 2 rings (SSSR count). The summed E-state index contributed by atoms with van der Waals surface area (Å²) in [5.41, 5.74) is 12.6. The average molecular weight is 283 g/mol. The molecule has 1 unspecified atom stereocenters. The van der Waals surface area contributed by atoms with Crippen LogP contribution in [-0.4, -0.2) is 7.11 Å².